The number of pyridine rings is 1. The van der Waals surface area contributed by atoms with Crippen LogP contribution in [0.3, 0.4) is 0 Å². The Kier molecular flexibility index (Phi) is 2.71. The summed E-state index contributed by atoms with van der Waals surface area (Å²) in [6, 6.07) is 6.52. The highest BCUT2D eigenvalue weighted by molar-refractivity contribution is 5.56. The highest BCUT2D eigenvalue weighted by Gasteiger charge is 2.42. The molecule has 2 fully saturated rings. The number of nitriles is 1. The second-order valence-corrected chi connectivity index (χ2v) is 5.41. The molecule has 94 valence electrons. The Morgan fingerprint density at radius 1 is 1.44 bits per heavy atom. The van der Waals surface area contributed by atoms with Crippen LogP contribution in [0.25, 0.3) is 0 Å². The van der Waals surface area contributed by atoms with Gasteiger partial charge in [0.05, 0.1) is 5.56 Å². The summed E-state index contributed by atoms with van der Waals surface area (Å²) >= 11 is 0. The third-order valence-electron chi connectivity index (χ3n) is 4.34. The molecule has 3 heterocycles. The van der Waals surface area contributed by atoms with E-state index in [1.807, 2.05) is 19.1 Å². The molecule has 1 N–H and O–H groups in total. The highest BCUT2D eigenvalue weighted by Crippen LogP contribution is 2.36. The molecule has 3 unspecified atom stereocenters. The Morgan fingerprint density at radius 3 is 3.00 bits per heavy atom. The first kappa shape index (κ1) is 11.5. The third kappa shape index (κ3) is 1.67. The van der Waals surface area contributed by atoms with Gasteiger partial charge in [-0.2, -0.15) is 5.26 Å². The quantitative estimate of drug-likeness (QED) is 0.806. The molecule has 4 nitrogen and oxygen atoms in total. The number of nitrogens with zero attached hydrogens (tertiary/aromatic N) is 3. The van der Waals surface area contributed by atoms with Gasteiger partial charge in [0.1, 0.15) is 11.9 Å². The normalized spacial score (nSPS) is 30.3. The Bertz CT molecular complexity index is 505. The molecular weight excluding hydrogens is 224 g/mol. The number of aryl methyl sites for hydroxylation is 1. The Labute approximate surface area is 108 Å². The van der Waals surface area contributed by atoms with Gasteiger partial charge < -0.3 is 10.2 Å². The van der Waals surface area contributed by atoms with Gasteiger partial charge in [-0.15, -0.1) is 0 Å². The molecule has 0 bridgehead atoms. The van der Waals surface area contributed by atoms with Crippen molar-refractivity contribution < 1.29 is 0 Å². The molecule has 1 aromatic rings. The van der Waals surface area contributed by atoms with E-state index in [0.717, 1.165) is 31.1 Å². The van der Waals surface area contributed by atoms with Crippen molar-refractivity contribution in [1.29, 1.82) is 5.26 Å². The van der Waals surface area contributed by atoms with Gasteiger partial charge in [-0.25, -0.2) is 4.98 Å². The van der Waals surface area contributed by atoms with Crippen molar-refractivity contribution in [1.82, 2.24) is 10.3 Å². The van der Waals surface area contributed by atoms with Crippen molar-refractivity contribution in [2.24, 2.45) is 11.8 Å². The molecule has 0 aromatic carbocycles. The van der Waals surface area contributed by atoms with Gasteiger partial charge in [-0.05, 0) is 37.8 Å². The van der Waals surface area contributed by atoms with Crippen LogP contribution in [0, 0.1) is 30.1 Å². The monoisotopic (exact) mass is 242 g/mol. The standard InChI is InChI=1S/C14H18N4/c1-9-3-4-11(5-15)14(17-9)18-8-12-6-16-7-13(12)10(18)2/h3-4,10,12-13,16H,6-8H2,1-2H3. The molecule has 4 heteroatoms. The number of hydrogen-bond acceptors (Lipinski definition) is 4. The smallest absolute Gasteiger partial charge is 0.147 e. The zero-order chi connectivity index (χ0) is 12.7. The predicted octanol–water partition coefficient (Wildman–Crippen LogP) is 1.31. The van der Waals surface area contributed by atoms with Gasteiger partial charge in [0.25, 0.3) is 0 Å². The topological polar surface area (TPSA) is 52.0 Å². The van der Waals surface area contributed by atoms with Crippen LogP contribution >= 0.6 is 0 Å². The lowest BCUT2D eigenvalue weighted by Crippen LogP contribution is -2.34. The van der Waals surface area contributed by atoms with Crippen molar-refractivity contribution in [2.45, 2.75) is 19.9 Å². The lowest BCUT2D eigenvalue weighted by Gasteiger charge is -2.26. The van der Waals surface area contributed by atoms with E-state index in [9.17, 15) is 5.26 Å². The Hall–Kier alpha value is -1.60. The summed E-state index contributed by atoms with van der Waals surface area (Å²) in [4.78, 5) is 6.91. The van der Waals surface area contributed by atoms with Crippen LogP contribution in [0.2, 0.25) is 0 Å². The van der Waals surface area contributed by atoms with Gasteiger partial charge in [-0.1, -0.05) is 0 Å². The van der Waals surface area contributed by atoms with Gasteiger partial charge >= 0.3 is 0 Å². The molecule has 2 aliphatic rings. The molecule has 0 aliphatic carbocycles. The Balaban J connectivity index is 1.96. The SMILES string of the molecule is Cc1ccc(C#N)c(N2CC3CNCC3C2C)n1. The summed E-state index contributed by atoms with van der Waals surface area (Å²) in [5, 5.41) is 12.7. The minimum Gasteiger partial charge on any atom is -0.352 e. The minimum atomic E-state index is 0.464. The van der Waals surface area contributed by atoms with Crippen LogP contribution in [0.15, 0.2) is 12.1 Å². The van der Waals surface area contributed by atoms with Gasteiger partial charge in [0.15, 0.2) is 0 Å². The van der Waals surface area contributed by atoms with Gasteiger partial charge in [0.2, 0.25) is 0 Å². The molecule has 3 atom stereocenters. The fraction of sp³-hybridized carbons (Fsp3) is 0.571. The molecule has 18 heavy (non-hydrogen) atoms. The first-order chi connectivity index (χ1) is 8.70. The van der Waals surface area contributed by atoms with E-state index in [2.05, 4.69) is 28.2 Å². The first-order valence-corrected chi connectivity index (χ1v) is 6.56. The second-order valence-electron chi connectivity index (χ2n) is 5.41. The summed E-state index contributed by atoms with van der Waals surface area (Å²) in [7, 11) is 0. The number of rotatable bonds is 1. The van der Waals surface area contributed by atoms with Crippen molar-refractivity contribution in [3.05, 3.63) is 23.4 Å². The van der Waals surface area contributed by atoms with E-state index in [-0.39, 0.29) is 0 Å². The van der Waals surface area contributed by atoms with Gasteiger partial charge in [-0.3, -0.25) is 0 Å². The maximum atomic E-state index is 9.23. The molecule has 3 rings (SSSR count). The molecule has 2 aliphatic heterocycles. The maximum absolute atomic E-state index is 9.23. The minimum absolute atomic E-state index is 0.464. The van der Waals surface area contributed by atoms with E-state index >= 15 is 0 Å². The molecular formula is C14H18N4. The van der Waals surface area contributed by atoms with Crippen molar-refractivity contribution >= 4 is 5.82 Å². The largest absolute Gasteiger partial charge is 0.352 e. The summed E-state index contributed by atoms with van der Waals surface area (Å²) in [6.07, 6.45) is 0. The summed E-state index contributed by atoms with van der Waals surface area (Å²) < 4.78 is 0. The zero-order valence-electron chi connectivity index (χ0n) is 10.8. The van der Waals surface area contributed by atoms with E-state index in [0.29, 0.717) is 23.4 Å². The number of hydrogen-bond donors (Lipinski definition) is 1. The fourth-order valence-corrected chi connectivity index (χ4v) is 3.30. The van der Waals surface area contributed by atoms with Crippen LogP contribution in [-0.4, -0.2) is 30.7 Å². The predicted molar refractivity (Wildman–Crippen MR) is 70.3 cm³/mol. The second kappa shape index (κ2) is 4.25. The van der Waals surface area contributed by atoms with Crippen LogP contribution in [0.4, 0.5) is 5.82 Å². The number of nitrogens with one attached hydrogen (secondary N) is 1. The number of fused-ring (bicyclic) bond motifs is 1. The number of aromatic nitrogens is 1. The summed E-state index contributed by atoms with van der Waals surface area (Å²) in [5.41, 5.74) is 1.67. The molecule has 0 radical (unpaired) electrons. The molecule has 2 saturated heterocycles. The zero-order valence-corrected chi connectivity index (χ0v) is 10.8. The van der Waals surface area contributed by atoms with Crippen LogP contribution in [0.1, 0.15) is 18.2 Å². The average molecular weight is 242 g/mol. The fourth-order valence-electron chi connectivity index (χ4n) is 3.30. The van der Waals surface area contributed by atoms with Crippen molar-refractivity contribution in [2.75, 3.05) is 24.5 Å². The van der Waals surface area contributed by atoms with Crippen LogP contribution < -0.4 is 10.2 Å². The maximum Gasteiger partial charge on any atom is 0.147 e. The van der Waals surface area contributed by atoms with Crippen molar-refractivity contribution in [3.8, 4) is 6.07 Å². The molecule has 0 saturated carbocycles. The summed E-state index contributed by atoms with van der Waals surface area (Å²) in [6.45, 7) is 7.44. The van der Waals surface area contributed by atoms with Gasteiger partial charge in [0, 0.05) is 31.4 Å². The van der Waals surface area contributed by atoms with Crippen LogP contribution in [-0.2, 0) is 0 Å². The lowest BCUT2D eigenvalue weighted by molar-refractivity contribution is 0.471. The lowest BCUT2D eigenvalue weighted by atomic mass is 9.95. The molecule has 1 aromatic heterocycles. The van der Waals surface area contributed by atoms with Crippen molar-refractivity contribution in [3.63, 3.8) is 0 Å². The van der Waals surface area contributed by atoms with Crippen LogP contribution in [0.5, 0.6) is 0 Å². The molecule has 0 amide bonds. The van der Waals surface area contributed by atoms with E-state index in [4.69, 9.17) is 0 Å². The summed E-state index contributed by atoms with van der Waals surface area (Å²) in [5.74, 6) is 2.27. The average Bonchev–Trinajstić information content (AvgIpc) is 2.93. The molecule has 0 spiro atoms. The van der Waals surface area contributed by atoms with E-state index < -0.39 is 0 Å². The van der Waals surface area contributed by atoms with E-state index in [1.165, 1.54) is 0 Å². The first-order valence-electron chi connectivity index (χ1n) is 6.56. The Morgan fingerprint density at radius 2 is 2.28 bits per heavy atom. The van der Waals surface area contributed by atoms with E-state index in [1.54, 1.807) is 0 Å². The highest BCUT2D eigenvalue weighted by atomic mass is 15.3. The number of anilines is 1. The third-order valence-corrected chi connectivity index (χ3v) is 4.34.